The molecule has 1 saturated heterocycles. The Morgan fingerprint density at radius 3 is 2.95 bits per heavy atom. The van der Waals surface area contributed by atoms with Gasteiger partial charge in [-0.1, -0.05) is 19.9 Å². The summed E-state index contributed by atoms with van der Waals surface area (Å²) in [5.41, 5.74) is 3.22. The summed E-state index contributed by atoms with van der Waals surface area (Å²) in [4.78, 5) is 2.54. The summed E-state index contributed by atoms with van der Waals surface area (Å²) >= 11 is 0. The van der Waals surface area contributed by atoms with Crippen molar-refractivity contribution in [3.05, 3.63) is 29.3 Å². The molecular weight excluding hydrogens is 260 g/mol. The van der Waals surface area contributed by atoms with Crippen LogP contribution in [0.2, 0.25) is 0 Å². The van der Waals surface area contributed by atoms with Crippen molar-refractivity contribution in [2.24, 2.45) is 0 Å². The summed E-state index contributed by atoms with van der Waals surface area (Å²) < 4.78 is 5.47. The molecule has 1 N–H and O–H groups in total. The van der Waals surface area contributed by atoms with E-state index in [1.54, 1.807) is 7.11 Å². The maximum absolute atomic E-state index is 5.47. The average molecular weight is 288 g/mol. The molecule has 116 valence electrons. The molecule has 1 heterocycles. The van der Waals surface area contributed by atoms with Crippen LogP contribution >= 0.6 is 0 Å². The van der Waals surface area contributed by atoms with E-state index in [0.29, 0.717) is 12.1 Å². The van der Waals surface area contributed by atoms with Gasteiger partial charge in [0.15, 0.2) is 0 Å². The van der Waals surface area contributed by atoms with E-state index in [1.807, 2.05) is 0 Å². The molecular formula is C18H28N2O. The highest BCUT2D eigenvalue weighted by Crippen LogP contribution is 2.45. The van der Waals surface area contributed by atoms with Crippen LogP contribution < -0.4 is 10.1 Å². The molecule has 1 aromatic rings. The predicted molar refractivity (Wildman–Crippen MR) is 87.2 cm³/mol. The molecule has 0 unspecified atom stereocenters. The summed E-state index contributed by atoms with van der Waals surface area (Å²) in [6.07, 6.45) is 3.54. The lowest BCUT2D eigenvalue weighted by Gasteiger charge is -2.55. The van der Waals surface area contributed by atoms with Crippen LogP contribution in [-0.2, 0) is 11.8 Å². The second kappa shape index (κ2) is 5.62. The monoisotopic (exact) mass is 288 g/mol. The molecule has 3 atom stereocenters. The van der Waals surface area contributed by atoms with E-state index in [4.69, 9.17) is 4.74 Å². The quantitative estimate of drug-likeness (QED) is 0.921. The van der Waals surface area contributed by atoms with Gasteiger partial charge in [0.25, 0.3) is 0 Å². The number of methoxy groups -OCH3 is 1. The van der Waals surface area contributed by atoms with Gasteiger partial charge in [0.2, 0.25) is 0 Å². The molecule has 0 amide bonds. The zero-order valence-electron chi connectivity index (χ0n) is 13.8. The average Bonchev–Trinajstić information content (AvgIpc) is 2.50. The summed E-state index contributed by atoms with van der Waals surface area (Å²) in [6, 6.07) is 7.80. The highest BCUT2D eigenvalue weighted by atomic mass is 16.5. The number of likely N-dealkylation sites (N-methyl/N-ethyl adjacent to an activating group) is 1. The Morgan fingerprint density at radius 1 is 1.43 bits per heavy atom. The maximum Gasteiger partial charge on any atom is 0.119 e. The van der Waals surface area contributed by atoms with Crippen molar-refractivity contribution in [2.75, 3.05) is 27.2 Å². The van der Waals surface area contributed by atoms with Gasteiger partial charge in [-0.25, -0.2) is 0 Å². The van der Waals surface area contributed by atoms with Crippen molar-refractivity contribution in [3.8, 4) is 5.75 Å². The Kier molecular flexibility index (Phi) is 3.98. The molecule has 3 heteroatoms. The first-order valence-corrected chi connectivity index (χ1v) is 8.21. The van der Waals surface area contributed by atoms with Gasteiger partial charge in [-0.2, -0.15) is 0 Å². The van der Waals surface area contributed by atoms with Gasteiger partial charge in [0.1, 0.15) is 5.75 Å². The number of nitrogens with zero attached hydrogens (tertiary/aromatic N) is 1. The first-order valence-electron chi connectivity index (χ1n) is 8.21. The number of nitrogens with one attached hydrogen (secondary N) is 1. The Labute approximate surface area is 128 Å². The molecule has 2 aliphatic rings. The zero-order valence-corrected chi connectivity index (χ0v) is 13.8. The maximum atomic E-state index is 5.47. The third-order valence-electron chi connectivity index (χ3n) is 5.60. The lowest BCUT2D eigenvalue weighted by atomic mass is 9.61. The largest absolute Gasteiger partial charge is 0.497 e. The van der Waals surface area contributed by atoms with Crippen molar-refractivity contribution in [1.82, 2.24) is 10.2 Å². The van der Waals surface area contributed by atoms with Crippen molar-refractivity contribution in [1.29, 1.82) is 0 Å². The number of likely N-dealkylation sites (tertiary alicyclic amines) is 1. The standard InChI is InChI=1S/C18H28N2O/c1-5-9-19-17-16-11-13-6-7-14(21-4)12-15(13)18(17,2)8-10-20(16)3/h6-7,12,16-17,19H,5,8-11H2,1-4H3/t16-,17+,18-/m1/s1. The van der Waals surface area contributed by atoms with E-state index in [-0.39, 0.29) is 5.41 Å². The Hall–Kier alpha value is -1.06. The van der Waals surface area contributed by atoms with Gasteiger partial charge in [0.05, 0.1) is 7.11 Å². The molecule has 3 rings (SSSR count). The summed E-state index contributed by atoms with van der Waals surface area (Å²) in [5, 5.41) is 3.84. The van der Waals surface area contributed by atoms with Crippen LogP contribution in [0.4, 0.5) is 0 Å². The number of benzene rings is 1. The minimum atomic E-state index is 0.217. The molecule has 1 aliphatic carbocycles. The number of hydrogen-bond donors (Lipinski definition) is 1. The van der Waals surface area contributed by atoms with Crippen LogP contribution in [0.1, 0.15) is 37.8 Å². The van der Waals surface area contributed by atoms with Crippen LogP contribution in [-0.4, -0.2) is 44.2 Å². The fourth-order valence-corrected chi connectivity index (χ4v) is 4.26. The molecule has 1 aliphatic heterocycles. The number of ether oxygens (including phenoxy) is 1. The first-order chi connectivity index (χ1) is 10.1. The smallest absolute Gasteiger partial charge is 0.119 e. The molecule has 3 nitrogen and oxygen atoms in total. The number of fused-ring (bicyclic) bond motifs is 4. The first kappa shape index (κ1) is 14.9. The van der Waals surface area contributed by atoms with Crippen LogP contribution in [0.5, 0.6) is 5.75 Å². The summed E-state index contributed by atoms with van der Waals surface area (Å²) in [6.45, 7) is 6.97. The summed E-state index contributed by atoms with van der Waals surface area (Å²) in [5.74, 6) is 0.988. The van der Waals surface area contributed by atoms with Crippen molar-refractivity contribution >= 4 is 0 Å². The Balaban J connectivity index is 2.04. The van der Waals surface area contributed by atoms with E-state index < -0.39 is 0 Å². The van der Waals surface area contributed by atoms with E-state index in [0.717, 1.165) is 18.7 Å². The molecule has 2 bridgehead atoms. The van der Waals surface area contributed by atoms with E-state index in [2.05, 4.69) is 49.3 Å². The summed E-state index contributed by atoms with van der Waals surface area (Å²) in [7, 11) is 4.04. The third-order valence-corrected chi connectivity index (χ3v) is 5.60. The third kappa shape index (κ3) is 2.36. The van der Waals surface area contributed by atoms with Gasteiger partial charge < -0.3 is 15.0 Å². The minimum Gasteiger partial charge on any atom is -0.497 e. The molecule has 0 saturated carbocycles. The highest BCUT2D eigenvalue weighted by Gasteiger charge is 2.49. The SMILES string of the molecule is CCCN[C@H]1[C@H]2Cc3ccc(OC)cc3[C@@]1(C)CCN2C. The minimum absolute atomic E-state index is 0.217. The fraction of sp³-hybridized carbons (Fsp3) is 0.667. The van der Waals surface area contributed by atoms with Gasteiger partial charge >= 0.3 is 0 Å². The van der Waals surface area contributed by atoms with Crippen molar-refractivity contribution in [2.45, 2.75) is 50.6 Å². The number of rotatable bonds is 4. The Morgan fingerprint density at radius 2 is 2.24 bits per heavy atom. The lowest BCUT2D eigenvalue weighted by Crippen LogP contribution is -2.66. The zero-order chi connectivity index (χ0) is 15.0. The molecule has 0 spiro atoms. The second-order valence-electron chi connectivity index (χ2n) is 6.87. The topological polar surface area (TPSA) is 24.5 Å². The van der Waals surface area contributed by atoms with E-state index in [1.165, 1.54) is 30.5 Å². The van der Waals surface area contributed by atoms with Crippen LogP contribution in [0.25, 0.3) is 0 Å². The second-order valence-corrected chi connectivity index (χ2v) is 6.87. The van der Waals surface area contributed by atoms with Crippen LogP contribution in [0.15, 0.2) is 18.2 Å². The Bertz CT molecular complexity index is 516. The van der Waals surface area contributed by atoms with Crippen LogP contribution in [0, 0.1) is 0 Å². The van der Waals surface area contributed by atoms with Crippen LogP contribution in [0.3, 0.4) is 0 Å². The fourth-order valence-electron chi connectivity index (χ4n) is 4.26. The molecule has 1 aromatic carbocycles. The molecule has 0 radical (unpaired) electrons. The lowest BCUT2D eigenvalue weighted by molar-refractivity contribution is 0.0661. The van der Waals surface area contributed by atoms with Gasteiger partial charge in [-0.3, -0.25) is 0 Å². The van der Waals surface area contributed by atoms with Crippen molar-refractivity contribution in [3.63, 3.8) is 0 Å². The van der Waals surface area contributed by atoms with Gasteiger partial charge in [0, 0.05) is 17.5 Å². The molecule has 0 aromatic heterocycles. The van der Waals surface area contributed by atoms with Gasteiger partial charge in [-0.05, 0) is 62.7 Å². The number of piperidine rings is 1. The highest BCUT2D eigenvalue weighted by molar-refractivity contribution is 5.45. The molecule has 21 heavy (non-hydrogen) atoms. The predicted octanol–water partition coefficient (Wildman–Crippen LogP) is 2.58. The van der Waals surface area contributed by atoms with Gasteiger partial charge in [-0.15, -0.1) is 0 Å². The molecule has 1 fully saturated rings. The van der Waals surface area contributed by atoms with E-state index in [9.17, 15) is 0 Å². The normalized spacial score (nSPS) is 31.8. The van der Waals surface area contributed by atoms with Crippen molar-refractivity contribution < 1.29 is 4.74 Å². The number of hydrogen-bond acceptors (Lipinski definition) is 3. The van der Waals surface area contributed by atoms with E-state index >= 15 is 0 Å².